The van der Waals surface area contributed by atoms with Crippen molar-refractivity contribution in [3.63, 3.8) is 0 Å². The molecule has 4 heteroatoms. The van der Waals surface area contributed by atoms with E-state index in [0.29, 0.717) is 24.4 Å². The summed E-state index contributed by atoms with van der Waals surface area (Å²) in [5.74, 6) is -0.354. The van der Waals surface area contributed by atoms with Crippen LogP contribution in [0.1, 0.15) is 6.92 Å². The first-order valence-corrected chi connectivity index (χ1v) is 4.40. The molecular weight excluding hydrogens is 184 g/mol. The van der Waals surface area contributed by atoms with Gasteiger partial charge in [0.2, 0.25) is 0 Å². The van der Waals surface area contributed by atoms with Crippen molar-refractivity contribution >= 4 is 11.6 Å². The van der Waals surface area contributed by atoms with Crippen molar-refractivity contribution in [3.8, 4) is 0 Å². The Labute approximate surface area is 81.2 Å². The van der Waals surface area contributed by atoms with Gasteiger partial charge in [-0.3, -0.25) is 9.59 Å². The first-order chi connectivity index (χ1) is 6.68. The predicted octanol–water partition coefficient (Wildman–Crippen LogP) is 0.384. The average Bonchev–Trinajstić information content (AvgIpc) is 2.64. The van der Waals surface area contributed by atoms with Gasteiger partial charge in [0.25, 0.3) is 0 Å². The number of rotatable bonds is 1. The molecule has 0 saturated carbocycles. The van der Waals surface area contributed by atoms with Gasteiger partial charge < -0.3 is 9.47 Å². The van der Waals surface area contributed by atoms with E-state index in [-0.39, 0.29) is 11.6 Å². The van der Waals surface area contributed by atoms with Crippen LogP contribution in [0.5, 0.6) is 0 Å². The van der Waals surface area contributed by atoms with Crippen LogP contribution in [0.2, 0.25) is 0 Å². The molecule has 14 heavy (non-hydrogen) atoms. The minimum Gasteiger partial charge on any atom is -0.346 e. The molecule has 1 fully saturated rings. The molecule has 2 aliphatic rings. The number of ether oxygens (including phenoxy) is 2. The molecule has 0 atom stereocenters. The molecule has 0 radical (unpaired) electrons. The third-order valence-electron chi connectivity index (χ3n) is 2.18. The highest BCUT2D eigenvalue weighted by Gasteiger charge is 2.28. The zero-order valence-electron chi connectivity index (χ0n) is 7.78. The molecule has 1 aliphatic carbocycles. The lowest BCUT2D eigenvalue weighted by Gasteiger charge is -2.14. The van der Waals surface area contributed by atoms with Crippen molar-refractivity contribution in [1.82, 2.24) is 0 Å². The lowest BCUT2D eigenvalue weighted by Crippen LogP contribution is -2.22. The zero-order valence-corrected chi connectivity index (χ0v) is 7.78. The fourth-order valence-electron chi connectivity index (χ4n) is 1.40. The SMILES string of the molecule is CC1=CC(=O)C(C2OCCO2)=CC1=O. The monoisotopic (exact) mass is 194 g/mol. The third-order valence-corrected chi connectivity index (χ3v) is 2.18. The summed E-state index contributed by atoms with van der Waals surface area (Å²) >= 11 is 0. The molecule has 0 bridgehead atoms. The average molecular weight is 194 g/mol. The highest BCUT2D eigenvalue weighted by molar-refractivity contribution is 6.20. The largest absolute Gasteiger partial charge is 0.346 e. The standard InChI is InChI=1S/C10H10O4/c1-6-4-9(12)7(5-8(6)11)10-13-2-3-14-10/h4-5,10H,2-3H2,1H3. The van der Waals surface area contributed by atoms with Crippen molar-refractivity contribution in [2.24, 2.45) is 0 Å². The second kappa shape index (κ2) is 3.48. The molecule has 74 valence electrons. The minimum absolute atomic E-state index is 0.154. The fourth-order valence-corrected chi connectivity index (χ4v) is 1.40. The second-order valence-electron chi connectivity index (χ2n) is 3.23. The van der Waals surface area contributed by atoms with Crippen LogP contribution < -0.4 is 0 Å². The predicted molar refractivity (Wildman–Crippen MR) is 47.5 cm³/mol. The first-order valence-electron chi connectivity index (χ1n) is 4.40. The van der Waals surface area contributed by atoms with Crippen LogP contribution in [-0.4, -0.2) is 31.1 Å². The van der Waals surface area contributed by atoms with Crippen molar-refractivity contribution in [1.29, 1.82) is 0 Å². The van der Waals surface area contributed by atoms with E-state index in [1.165, 1.54) is 12.2 Å². The molecule has 0 amide bonds. The van der Waals surface area contributed by atoms with E-state index in [1.807, 2.05) is 0 Å². The topological polar surface area (TPSA) is 52.6 Å². The van der Waals surface area contributed by atoms with Crippen LogP contribution in [0.25, 0.3) is 0 Å². The minimum atomic E-state index is -0.657. The number of ketones is 2. The van der Waals surface area contributed by atoms with Gasteiger partial charge in [-0.15, -0.1) is 0 Å². The van der Waals surface area contributed by atoms with Crippen LogP contribution in [0.15, 0.2) is 23.3 Å². The maximum atomic E-state index is 11.5. The van der Waals surface area contributed by atoms with Crippen LogP contribution in [0.4, 0.5) is 0 Å². The molecule has 1 aliphatic heterocycles. The van der Waals surface area contributed by atoms with E-state index in [2.05, 4.69) is 0 Å². The van der Waals surface area contributed by atoms with Crippen molar-refractivity contribution in [2.75, 3.05) is 13.2 Å². The Hall–Kier alpha value is -1.26. The molecule has 0 aromatic rings. The summed E-state index contributed by atoms with van der Waals surface area (Å²) in [4.78, 5) is 22.8. The van der Waals surface area contributed by atoms with E-state index in [0.717, 1.165) is 0 Å². The van der Waals surface area contributed by atoms with E-state index in [9.17, 15) is 9.59 Å². The van der Waals surface area contributed by atoms with Crippen LogP contribution in [0.3, 0.4) is 0 Å². The number of hydrogen-bond donors (Lipinski definition) is 0. The summed E-state index contributed by atoms with van der Waals surface area (Å²) in [5, 5.41) is 0. The Kier molecular flexibility index (Phi) is 2.31. The van der Waals surface area contributed by atoms with Crippen LogP contribution >= 0.6 is 0 Å². The second-order valence-corrected chi connectivity index (χ2v) is 3.23. The van der Waals surface area contributed by atoms with E-state index < -0.39 is 6.29 Å². The Morgan fingerprint density at radius 2 is 1.79 bits per heavy atom. The summed E-state index contributed by atoms with van der Waals surface area (Å²) in [5.41, 5.74) is 0.759. The Morgan fingerprint density at radius 3 is 2.43 bits per heavy atom. The lowest BCUT2D eigenvalue weighted by atomic mass is 9.98. The first kappa shape index (κ1) is 9.30. The van der Waals surface area contributed by atoms with E-state index >= 15 is 0 Å². The number of hydrogen-bond acceptors (Lipinski definition) is 4. The molecule has 4 nitrogen and oxygen atoms in total. The molecular formula is C10H10O4. The van der Waals surface area contributed by atoms with Gasteiger partial charge in [0.1, 0.15) is 0 Å². The molecule has 0 spiro atoms. The van der Waals surface area contributed by atoms with Gasteiger partial charge in [-0.1, -0.05) is 0 Å². The quantitative estimate of drug-likeness (QED) is 0.566. The maximum Gasteiger partial charge on any atom is 0.187 e. The molecule has 1 saturated heterocycles. The van der Waals surface area contributed by atoms with Crippen molar-refractivity contribution in [2.45, 2.75) is 13.2 Å². The molecule has 0 aromatic carbocycles. The lowest BCUT2D eigenvalue weighted by molar-refractivity contribution is -0.118. The van der Waals surface area contributed by atoms with E-state index in [4.69, 9.17) is 9.47 Å². The molecule has 2 rings (SSSR count). The van der Waals surface area contributed by atoms with Gasteiger partial charge in [0, 0.05) is 5.57 Å². The van der Waals surface area contributed by atoms with Crippen LogP contribution in [0, 0.1) is 0 Å². The van der Waals surface area contributed by atoms with Gasteiger partial charge in [-0.2, -0.15) is 0 Å². The van der Waals surface area contributed by atoms with Gasteiger partial charge >= 0.3 is 0 Å². The summed E-state index contributed by atoms with van der Waals surface area (Å²) in [6.07, 6.45) is 1.96. The Bertz CT molecular complexity index is 345. The molecule has 1 heterocycles. The van der Waals surface area contributed by atoms with E-state index in [1.54, 1.807) is 6.92 Å². The van der Waals surface area contributed by atoms with Crippen LogP contribution in [-0.2, 0) is 19.1 Å². The number of allylic oxidation sites excluding steroid dienone is 3. The fraction of sp³-hybridized carbons (Fsp3) is 0.400. The van der Waals surface area contributed by atoms with Gasteiger partial charge in [0.15, 0.2) is 17.9 Å². The Balaban J connectivity index is 2.23. The molecule has 0 unspecified atom stereocenters. The summed E-state index contributed by atoms with van der Waals surface area (Å²) in [7, 11) is 0. The normalized spacial score (nSPS) is 23.8. The van der Waals surface area contributed by atoms with Gasteiger partial charge in [-0.25, -0.2) is 0 Å². The summed E-state index contributed by atoms with van der Waals surface area (Å²) in [6, 6.07) is 0. The Morgan fingerprint density at radius 1 is 1.14 bits per heavy atom. The summed E-state index contributed by atoms with van der Waals surface area (Å²) < 4.78 is 10.3. The van der Waals surface area contributed by atoms with Gasteiger partial charge in [-0.05, 0) is 19.1 Å². The summed E-state index contributed by atoms with van der Waals surface area (Å²) in [6.45, 7) is 2.54. The van der Waals surface area contributed by atoms with Crippen molar-refractivity contribution < 1.29 is 19.1 Å². The zero-order chi connectivity index (χ0) is 10.1. The van der Waals surface area contributed by atoms with Crippen molar-refractivity contribution in [3.05, 3.63) is 23.3 Å². The number of carbonyl (C=O) groups is 2. The molecule has 0 aromatic heterocycles. The highest BCUT2D eigenvalue weighted by atomic mass is 16.7. The number of carbonyl (C=O) groups excluding carboxylic acids is 2. The van der Waals surface area contributed by atoms with Gasteiger partial charge in [0.05, 0.1) is 18.8 Å². The maximum absolute atomic E-state index is 11.5. The molecule has 0 N–H and O–H groups in total. The third kappa shape index (κ3) is 1.54. The smallest absolute Gasteiger partial charge is 0.187 e. The highest BCUT2D eigenvalue weighted by Crippen LogP contribution is 2.20.